The molecule has 4 atom stereocenters. The number of ether oxygens (including phenoxy) is 1. The third-order valence-electron chi connectivity index (χ3n) is 7.04. The van der Waals surface area contributed by atoms with Crippen LogP contribution in [0.5, 0.6) is 0 Å². The number of hydroxylamine groups is 2. The summed E-state index contributed by atoms with van der Waals surface area (Å²) >= 11 is 0. The average Bonchev–Trinajstić information content (AvgIpc) is 3.33. The van der Waals surface area contributed by atoms with Crippen molar-refractivity contribution in [1.29, 1.82) is 0 Å². The first-order valence-electron chi connectivity index (χ1n) is 12.8. The molecule has 4 rings (SSSR count). The molecule has 3 saturated heterocycles. The van der Waals surface area contributed by atoms with E-state index in [9.17, 15) is 19.2 Å². The third-order valence-corrected chi connectivity index (χ3v) is 7.04. The average molecular weight is 500 g/mol. The Labute approximate surface area is 212 Å². The van der Waals surface area contributed by atoms with Crippen LogP contribution < -0.4 is 0 Å². The highest BCUT2D eigenvalue weighted by molar-refractivity contribution is 5.94. The molecule has 1 aromatic rings. The minimum atomic E-state index is -0.647. The lowest BCUT2D eigenvalue weighted by atomic mass is 9.93. The maximum atomic E-state index is 13.1. The molecule has 3 heterocycles. The molecular weight excluding hydrogens is 462 g/mol. The maximum absolute atomic E-state index is 13.1. The monoisotopic (exact) mass is 499 g/mol. The predicted molar refractivity (Wildman–Crippen MR) is 132 cm³/mol. The number of rotatable bonds is 8. The molecule has 0 spiro atoms. The number of amides is 3. The quantitative estimate of drug-likeness (QED) is 0.537. The van der Waals surface area contributed by atoms with Crippen molar-refractivity contribution in [2.24, 2.45) is 5.92 Å². The Balaban J connectivity index is 1.31. The van der Waals surface area contributed by atoms with Crippen LogP contribution in [0.2, 0.25) is 0 Å². The largest absolute Gasteiger partial charge is 0.444 e. The van der Waals surface area contributed by atoms with E-state index in [1.807, 2.05) is 37.3 Å². The molecule has 9 heteroatoms. The van der Waals surface area contributed by atoms with Gasteiger partial charge in [0.15, 0.2) is 11.6 Å². The van der Waals surface area contributed by atoms with Gasteiger partial charge in [0.25, 0.3) is 0 Å². The standard InChI is InChI=1S/C27H37N3O6/c1-18-14-22(29(15-18)26(34)36-27(2,3)4)24(32)13-12-23(31)21-11-10-20-16-28(21)25(33)30(20)35-17-19-8-6-5-7-9-19/h5-9,18,20-22H,10-17H2,1-4H3/t18-,20-,21+,22-/m1/s1. The summed E-state index contributed by atoms with van der Waals surface area (Å²) in [5, 5.41) is 1.41. The van der Waals surface area contributed by atoms with Crippen LogP contribution in [0.4, 0.5) is 9.59 Å². The van der Waals surface area contributed by atoms with E-state index < -0.39 is 23.8 Å². The topological polar surface area (TPSA) is 96.5 Å². The molecule has 0 aliphatic carbocycles. The van der Waals surface area contributed by atoms with Crippen LogP contribution >= 0.6 is 0 Å². The molecule has 3 aliphatic heterocycles. The molecule has 3 aliphatic rings. The lowest BCUT2D eigenvalue weighted by Gasteiger charge is -2.30. The zero-order valence-corrected chi connectivity index (χ0v) is 21.6. The summed E-state index contributed by atoms with van der Waals surface area (Å²) in [6.45, 7) is 8.58. The Morgan fingerprint density at radius 1 is 0.972 bits per heavy atom. The van der Waals surface area contributed by atoms with Crippen LogP contribution in [-0.4, -0.2) is 75.4 Å². The highest BCUT2D eigenvalue weighted by Crippen LogP contribution is 2.32. The summed E-state index contributed by atoms with van der Waals surface area (Å²) in [4.78, 5) is 60.6. The van der Waals surface area contributed by atoms with Gasteiger partial charge in [-0.2, -0.15) is 5.06 Å². The number of likely N-dealkylation sites (tertiary alicyclic amines) is 1. The number of carbonyl (C=O) groups is 4. The third kappa shape index (κ3) is 5.88. The SMILES string of the molecule is C[C@@H]1C[C@H](C(=O)CCC(=O)[C@@H]2CC[C@@H]3CN2C(=O)N3OCc2ccccc2)N(C(=O)OC(C)(C)C)C1. The van der Waals surface area contributed by atoms with Gasteiger partial charge < -0.3 is 9.64 Å². The lowest BCUT2D eigenvalue weighted by Crippen LogP contribution is -2.46. The van der Waals surface area contributed by atoms with Crippen LogP contribution in [0.3, 0.4) is 0 Å². The van der Waals surface area contributed by atoms with Gasteiger partial charge in [-0.05, 0) is 51.5 Å². The van der Waals surface area contributed by atoms with E-state index in [1.165, 1.54) is 9.96 Å². The second kappa shape index (κ2) is 10.6. The smallest absolute Gasteiger partial charge is 0.410 e. The van der Waals surface area contributed by atoms with Crippen molar-refractivity contribution in [2.75, 3.05) is 13.1 Å². The summed E-state index contributed by atoms with van der Waals surface area (Å²) in [6.07, 6.45) is 1.40. The Morgan fingerprint density at radius 2 is 1.64 bits per heavy atom. The van der Waals surface area contributed by atoms with Gasteiger partial charge >= 0.3 is 12.1 Å². The van der Waals surface area contributed by atoms with E-state index in [0.717, 1.165) is 5.56 Å². The van der Waals surface area contributed by atoms with Crippen LogP contribution in [-0.2, 0) is 25.8 Å². The van der Waals surface area contributed by atoms with Crippen molar-refractivity contribution in [1.82, 2.24) is 14.9 Å². The van der Waals surface area contributed by atoms with Gasteiger partial charge in [-0.3, -0.25) is 19.3 Å². The number of piperidine rings is 1. The summed E-state index contributed by atoms with van der Waals surface area (Å²) in [5.41, 5.74) is 0.321. The van der Waals surface area contributed by atoms with Crippen LogP contribution in [0.15, 0.2) is 30.3 Å². The van der Waals surface area contributed by atoms with Gasteiger partial charge in [-0.15, -0.1) is 0 Å². The van der Waals surface area contributed by atoms with E-state index in [2.05, 4.69) is 0 Å². The van der Waals surface area contributed by atoms with Crippen LogP contribution in [0, 0.1) is 5.92 Å². The molecule has 9 nitrogen and oxygen atoms in total. The molecule has 3 fully saturated rings. The normalized spacial score (nSPS) is 25.9. The number of benzene rings is 1. The summed E-state index contributed by atoms with van der Waals surface area (Å²) in [5.74, 6) is -0.0655. The van der Waals surface area contributed by atoms with Crippen molar-refractivity contribution >= 4 is 23.7 Å². The summed E-state index contributed by atoms with van der Waals surface area (Å²) in [6, 6.07) is 8.14. The van der Waals surface area contributed by atoms with Gasteiger partial charge in [-0.25, -0.2) is 9.59 Å². The van der Waals surface area contributed by atoms with Gasteiger partial charge in [-0.1, -0.05) is 37.3 Å². The van der Waals surface area contributed by atoms with E-state index in [1.54, 1.807) is 25.7 Å². The predicted octanol–water partition coefficient (Wildman–Crippen LogP) is 3.95. The molecule has 0 saturated carbocycles. The zero-order chi connectivity index (χ0) is 26.0. The number of fused-ring (bicyclic) bond motifs is 2. The molecular formula is C27H37N3O6. The van der Waals surface area contributed by atoms with Gasteiger partial charge in [0, 0.05) is 25.9 Å². The Kier molecular flexibility index (Phi) is 7.68. The number of hydrogen-bond acceptors (Lipinski definition) is 6. The molecule has 36 heavy (non-hydrogen) atoms. The van der Waals surface area contributed by atoms with E-state index in [-0.39, 0.29) is 49.0 Å². The first kappa shape index (κ1) is 26.1. The van der Waals surface area contributed by atoms with Crippen LogP contribution in [0.1, 0.15) is 65.4 Å². The first-order valence-corrected chi connectivity index (χ1v) is 12.8. The fourth-order valence-corrected chi connectivity index (χ4v) is 5.30. The van der Waals surface area contributed by atoms with Gasteiger partial charge in [0.2, 0.25) is 0 Å². The second-order valence-electron chi connectivity index (χ2n) is 11.2. The van der Waals surface area contributed by atoms with E-state index in [4.69, 9.17) is 9.57 Å². The molecule has 0 aromatic heterocycles. The highest BCUT2D eigenvalue weighted by Gasteiger charge is 2.48. The molecule has 0 N–H and O–H groups in total. The second-order valence-corrected chi connectivity index (χ2v) is 11.2. The van der Waals surface area contributed by atoms with Crippen molar-refractivity contribution < 1.29 is 28.8 Å². The molecule has 0 unspecified atom stereocenters. The van der Waals surface area contributed by atoms with Gasteiger partial charge in [0.1, 0.15) is 12.2 Å². The van der Waals surface area contributed by atoms with Crippen molar-refractivity contribution in [3.8, 4) is 0 Å². The van der Waals surface area contributed by atoms with E-state index >= 15 is 0 Å². The Bertz CT molecular complexity index is 991. The number of Topliss-reactive ketones (excluding diaryl/α,β-unsaturated/α-hetero) is 2. The Morgan fingerprint density at radius 3 is 2.31 bits per heavy atom. The number of ketones is 2. The number of hydrogen-bond donors (Lipinski definition) is 0. The number of nitrogens with zero attached hydrogens (tertiary/aromatic N) is 3. The molecule has 3 amide bonds. The Hall–Kier alpha value is -2.94. The lowest BCUT2D eigenvalue weighted by molar-refractivity contribution is -0.140. The molecule has 196 valence electrons. The number of urea groups is 1. The molecule has 2 bridgehead atoms. The fourth-order valence-electron chi connectivity index (χ4n) is 5.30. The molecule has 1 aromatic carbocycles. The van der Waals surface area contributed by atoms with Crippen LogP contribution in [0.25, 0.3) is 0 Å². The summed E-state index contributed by atoms with van der Waals surface area (Å²) < 4.78 is 5.48. The zero-order valence-electron chi connectivity index (χ0n) is 21.6. The first-order chi connectivity index (χ1) is 17.0. The molecule has 0 radical (unpaired) electrons. The maximum Gasteiger partial charge on any atom is 0.410 e. The minimum Gasteiger partial charge on any atom is -0.444 e. The number of carbonyl (C=O) groups excluding carboxylic acids is 4. The van der Waals surface area contributed by atoms with E-state index in [0.29, 0.717) is 32.4 Å². The van der Waals surface area contributed by atoms with Crippen molar-refractivity contribution in [3.05, 3.63) is 35.9 Å². The summed E-state index contributed by atoms with van der Waals surface area (Å²) in [7, 11) is 0. The van der Waals surface area contributed by atoms with Crippen molar-refractivity contribution in [3.63, 3.8) is 0 Å². The minimum absolute atomic E-state index is 0.0473. The fraction of sp³-hybridized carbons (Fsp3) is 0.630. The van der Waals surface area contributed by atoms with Crippen molar-refractivity contribution in [2.45, 2.75) is 90.1 Å². The highest BCUT2D eigenvalue weighted by atomic mass is 16.7. The van der Waals surface area contributed by atoms with Gasteiger partial charge in [0.05, 0.1) is 18.1 Å².